The molecule has 0 saturated heterocycles. The van der Waals surface area contributed by atoms with Gasteiger partial charge in [-0.2, -0.15) is 0 Å². The fourth-order valence-corrected chi connectivity index (χ4v) is 1.33. The van der Waals surface area contributed by atoms with Crippen molar-refractivity contribution in [3.05, 3.63) is 24.3 Å². The summed E-state index contributed by atoms with van der Waals surface area (Å²) >= 11 is 0. The number of nitrogen functional groups attached to an aromatic ring is 1. The van der Waals surface area contributed by atoms with E-state index in [1.165, 1.54) is 0 Å². The van der Waals surface area contributed by atoms with Crippen molar-refractivity contribution >= 4 is 11.4 Å². The van der Waals surface area contributed by atoms with Gasteiger partial charge in [0.25, 0.3) is 0 Å². The molecule has 0 fully saturated rings. The van der Waals surface area contributed by atoms with E-state index in [2.05, 4.69) is 12.2 Å². The molecule has 1 atom stereocenters. The highest BCUT2D eigenvalue weighted by atomic mass is 16.5. The van der Waals surface area contributed by atoms with Crippen molar-refractivity contribution in [2.45, 2.75) is 19.4 Å². The lowest BCUT2D eigenvalue weighted by Gasteiger charge is -2.17. The highest BCUT2D eigenvalue weighted by Crippen LogP contribution is 2.13. The zero-order valence-electron chi connectivity index (χ0n) is 8.79. The van der Waals surface area contributed by atoms with Gasteiger partial charge in [-0.3, -0.25) is 0 Å². The lowest BCUT2D eigenvalue weighted by molar-refractivity contribution is 0.184. The summed E-state index contributed by atoms with van der Waals surface area (Å²) in [5.41, 5.74) is 7.51. The summed E-state index contributed by atoms with van der Waals surface area (Å²) in [4.78, 5) is 0. The molecule has 14 heavy (non-hydrogen) atoms. The van der Waals surface area contributed by atoms with Crippen molar-refractivity contribution in [1.29, 1.82) is 0 Å². The summed E-state index contributed by atoms with van der Waals surface area (Å²) in [6, 6.07) is 8.11. The number of anilines is 2. The molecular formula is C11H18N2O. The van der Waals surface area contributed by atoms with Crippen molar-refractivity contribution in [2.24, 2.45) is 0 Å². The quantitative estimate of drug-likeness (QED) is 0.706. The highest BCUT2D eigenvalue weighted by Gasteiger charge is 2.04. The lowest BCUT2D eigenvalue weighted by atomic mass is 10.2. The zero-order chi connectivity index (χ0) is 10.4. The predicted octanol–water partition coefficient (Wildman–Crippen LogP) is 2.11. The van der Waals surface area contributed by atoms with Crippen molar-refractivity contribution in [1.82, 2.24) is 0 Å². The fourth-order valence-electron chi connectivity index (χ4n) is 1.33. The Labute approximate surface area is 85.3 Å². The summed E-state index contributed by atoms with van der Waals surface area (Å²) < 4.78 is 5.10. The molecular weight excluding hydrogens is 176 g/mol. The topological polar surface area (TPSA) is 47.3 Å². The Balaban J connectivity index is 2.57. The van der Waals surface area contributed by atoms with Gasteiger partial charge in [0.15, 0.2) is 0 Å². The van der Waals surface area contributed by atoms with Gasteiger partial charge in [0, 0.05) is 24.5 Å². The number of hydrogen-bond donors (Lipinski definition) is 2. The third-order valence-electron chi connectivity index (χ3n) is 2.12. The molecule has 0 saturated carbocycles. The number of methoxy groups -OCH3 is 1. The normalized spacial score (nSPS) is 12.4. The Hall–Kier alpha value is -1.22. The van der Waals surface area contributed by atoms with Gasteiger partial charge in [-0.15, -0.1) is 0 Å². The van der Waals surface area contributed by atoms with Gasteiger partial charge in [-0.25, -0.2) is 0 Å². The molecule has 0 aliphatic heterocycles. The van der Waals surface area contributed by atoms with Gasteiger partial charge in [0.2, 0.25) is 0 Å². The Morgan fingerprint density at radius 2 is 2.29 bits per heavy atom. The van der Waals surface area contributed by atoms with E-state index in [1.807, 2.05) is 24.3 Å². The van der Waals surface area contributed by atoms with Crippen LogP contribution in [-0.2, 0) is 4.74 Å². The Kier molecular flexibility index (Phi) is 4.26. The number of rotatable bonds is 5. The van der Waals surface area contributed by atoms with Crippen LogP contribution in [0.2, 0.25) is 0 Å². The average molecular weight is 194 g/mol. The minimum absolute atomic E-state index is 0.349. The molecule has 1 unspecified atom stereocenters. The van der Waals surface area contributed by atoms with Crippen molar-refractivity contribution < 1.29 is 4.74 Å². The number of hydrogen-bond acceptors (Lipinski definition) is 3. The summed E-state index contributed by atoms with van der Waals surface area (Å²) in [7, 11) is 1.71. The van der Waals surface area contributed by atoms with Crippen LogP contribution < -0.4 is 11.1 Å². The molecule has 0 bridgehead atoms. The van der Waals surface area contributed by atoms with Gasteiger partial charge < -0.3 is 15.8 Å². The van der Waals surface area contributed by atoms with Crippen molar-refractivity contribution in [3.63, 3.8) is 0 Å². The largest absolute Gasteiger partial charge is 0.399 e. The first-order chi connectivity index (χ1) is 6.76. The molecule has 3 N–H and O–H groups in total. The zero-order valence-corrected chi connectivity index (χ0v) is 8.79. The minimum atomic E-state index is 0.349. The van der Waals surface area contributed by atoms with E-state index in [-0.39, 0.29) is 0 Å². The van der Waals surface area contributed by atoms with Gasteiger partial charge in [0.1, 0.15) is 0 Å². The van der Waals surface area contributed by atoms with Gasteiger partial charge in [0.05, 0.1) is 6.61 Å². The van der Waals surface area contributed by atoms with Crippen LogP contribution in [0.25, 0.3) is 0 Å². The van der Waals surface area contributed by atoms with Gasteiger partial charge in [-0.05, 0) is 24.6 Å². The summed E-state index contributed by atoms with van der Waals surface area (Å²) in [6.07, 6.45) is 1.03. The number of nitrogens with two attached hydrogens (primary N) is 1. The maximum Gasteiger partial charge on any atom is 0.0663 e. The fraction of sp³-hybridized carbons (Fsp3) is 0.455. The van der Waals surface area contributed by atoms with Crippen LogP contribution in [0.15, 0.2) is 24.3 Å². The molecule has 1 aromatic rings. The smallest absolute Gasteiger partial charge is 0.0663 e. The van der Waals surface area contributed by atoms with Crippen molar-refractivity contribution in [2.75, 3.05) is 24.8 Å². The maximum absolute atomic E-state index is 5.68. The predicted molar refractivity (Wildman–Crippen MR) is 60.4 cm³/mol. The van der Waals surface area contributed by atoms with E-state index < -0.39 is 0 Å². The Morgan fingerprint density at radius 3 is 2.86 bits per heavy atom. The second-order valence-electron chi connectivity index (χ2n) is 3.33. The SMILES string of the molecule is CCC(COC)Nc1cccc(N)c1. The van der Waals surface area contributed by atoms with Crippen LogP contribution in [0.5, 0.6) is 0 Å². The van der Waals surface area contributed by atoms with Crippen LogP contribution in [0.4, 0.5) is 11.4 Å². The molecule has 78 valence electrons. The van der Waals surface area contributed by atoms with Crippen LogP contribution in [0.1, 0.15) is 13.3 Å². The second kappa shape index (κ2) is 5.50. The number of nitrogens with one attached hydrogen (secondary N) is 1. The molecule has 0 amide bonds. The maximum atomic E-state index is 5.68. The molecule has 0 aromatic heterocycles. The van der Waals surface area contributed by atoms with E-state index in [1.54, 1.807) is 7.11 Å². The minimum Gasteiger partial charge on any atom is -0.399 e. The number of ether oxygens (including phenoxy) is 1. The van der Waals surface area contributed by atoms with Gasteiger partial charge in [-0.1, -0.05) is 13.0 Å². The molecule has 0 radical (unpaired) electrons. The summed E-state index contributed by atoms with van der Waals surface area (Å²) in [6.45, 7) is 2.84. The molecule has 0 spiro atoms. The van der Waals surface area contributed by atoms with Crippen LogP contribution in [0.3, 0.4) is 0 Å². The van der Waals surface area contributed by atoms with Crippen LogP contribution >= 0.6 is 0 Å². The molecule has 3 nitrogen and oxygen atoms in total. The Bertz CT molecular complexity index is 276. The first-order valence-electron chi connectivity index (χ1n) is 4.87. The standard InChI is InChI=1S/C11H18N2O/c1-3-10(8-14-2)13-11-6-4-5-9(12)7-11/h4-7,10,13H,3,8,12H2,1-2H3. The van der Waals surface area contributed by atoms with E-state index in [4.69, 9.17) is 10.5 Å². The molecule has 1 aromatic carbocycles. The highest BCUT2D eigenvalue weighted by molar-refractivity contribution is 5.54. The van der Waals surface area contributed by atoms with E-state index in [0.717, 1.165) is 17.8 Å². The molecule has 1 rings (SSSR count). The molecule has 0 aliphatic rings. The third kappa shape index (κ3) is 3.26. The summed E-state index contributed by atoms with van der Waals surface area (Å²) in [5.74, 6) is 0. The first kappa shape index (κ1) is 10.9. The van der Waals surface area contributed by atoms with Gasteiger partial charge >= 0.3 is 0 Å². The summed E-state index contributed by atoms with van der Waals surface area (Å²) in [5, 5.41) is 3.37. The lowest BCUT2D eigenvalue weighted by Crippen LogP contribution is -2.23. The average Bonchev–Trinajstić information content (AvgIpc) is 2.17. The molecule has 3 heteroatoms. The Morgan fingerprint density at radius 1 is 1.50 bits per heavy atom. The van der Waals surface area contributed by atoms with Crippen LogP contribution in [-0.4, -0.2) is 19.8 Å². The van der Waals surface area contributed by atoms with Crippen molar-refractivity contribution in [3.8, 4) is 0 Å². The first-order valence-corrected chi connectivity index (χ1v) is 4.87. The molecule has 0 aliphatic carbocycles. The second-order valence-corrected chi connectivity index (χ2v) is 3.33. The molecule has 0 heterocycles. The van der Waals surface area contributed by atoms with E-state index in [9.17, 15) is 0 Å². The third-order valence-corrected chi connectivity index (χ3v) is 2.12. The monoisotopic (exact) mass is 194 g/mol. The van der Waals surface area contributed by atoms with E-state index >= 15 is 0 Å². The van der Waals surface area contributed by atoms with E-state index in [0.29, 0.717) is 12.6 Å². The van der Waals surface area contributed by atoms with Crippen LogP contribution in [0, 0.1) is 0 Å². The number of benzene rings is 1.